The number of hydrogen-bond acceptors (Lipinski definition) is 5. The van der Waals surface area contributed by atoms with Crippen LogP contribution in [0.4, 0.5) is 14.3 Å². The molecule has 2 amide bonds. The van der Waals surface area contributed by atoms with Crippen molar-refractivity contribution in [2.24, 2.45) is 5.41 Å². The number of halogens is 2. The minimum absolute atomic E-state index is 0.0521. The molecule has 1 aromatic carbocycles. The van der Waals surface area contributed by atoms with Crippen LogP contribution in [0.3, 0.4) is 0 Å². The summed E-state index contributed by atoms with van der Waals surface area (Å²) in [5.74, 6) is -0.606. The molecule has 2 N–H and O–H groups in total. The average Bonchev–Trinajstić information content (AvgIpc) is 3.35. The lowest BCUT2D eigenvalue weighted by molar-refractivity contribution is -0.145. The molecule has 0 aliphatic heterocycles. The van der Waals surface area contributed by atoms with Gasteiger partial charge in [0.2, 0.25) is 0 Å². The van der Waals surface area contributed by atoms with E-state index in [1.54, 1.807) is 38.1 Å². The van der Waals surface area contributed by atoms with E-state index < -0.39 is 11.4 Å². The zero-order valence-electron chi connectivity index (χ0n) is 17.5. The normalized spacial score (nSPS) is 18.7. The van der Waals surface area contributed by atoms with Crippen LogP contribution in [0.1, 0.15) is 44.6 Å². The highest BCUT2D eigenvalue weighted by atomic mass is 35.5. The summed E-state index contributed by atoms with van der Waals surface area (Å²) in [6, 6.07) is 4.28. The van der Waals surface area contributed by atoms with Crippen LogP contribution in [0.15, 0.2) is 28.6 Å². The van der Waals surface area contributed by atoms with E-state index in [-0.39, 0.29) is 23.8 Å². The number of benzene rings is 1. The molecule has 31 heavy (non-hydrogen) atoms. The number of aromatic nitrogens is 1. The van der Waals surface area contributed by atoms with Crippen molar-refractivity contribution in [3.8, 4) is 0 Å². The Morgan fingerprint density at radius 3 is 2.84 bits per heavy atom. The highest BCUT2D eigenvalue weighted by Gasteiger charge is 2.32. The van der Waals surface area contributed by atoms with Crippen LogP contribution in [0, 0.1) is 11.2 Å². The molecule has 1 heterocycles. The van der Waals surface area contributed by atoms with E-state index in [9.17, 15) is 19.1 Å². The molecule has 3 rings (SSSR count). The summed E-state index contributed by atoms with van der Waals surface area (Å²) in [5.41, 5.74) is 0.0790. The number of nitrogens with zero attached hydrogens (tertiary/aromatic N) is 2. The predicted octanol–water partition coefficient (Wildman–Crippen LogP) is 5.94. The molecule has 1 aliphatic rings. The van der Waals surface area contributed by atoms with Crippen molar-refractivity contribution in [2.75, 3.05) is 18.1 Å². The van der Waals surface area contributed by atoms with Crippen molar-refractivity contribution in [3.05, 3.63) is 40.8 Å². The Hall–Kier alpha value is -1.84. The zero-order valence-corrected chi connectivity index (χ0v) is 19.9. The number of carbonyl (C=O) groups excluding carboxylic acids is 1. The van der Waals surface area contributed by atoms with Gasteiger partial charge in [0.1, 0.15) is 5.82 Å². The fourth-order valence-electron chi connectivity index (χ4n) is 3.47. The van der Waals surface area contributed by atoms with Gasteiger partial charge in [0.05, 0.1) is 15.8 Å². The smallest absolute Gasteiger partial charge is 0.323 e. The molecule has 2 aromatic rings. The monoisotopic (exact) mass is 485 g/mol. The highest BCUT2D eigenvalue weighted by Crippen LogP contribution is 2.40. The molecule has 0 bridgehead atoms. The van der Waals surface area contributed by atoms with Crippen LogP contribution in [0.2, 0.25) is 5.02 Å². The van der Waals surface area contributed by atoms with E-state index in [1.165, 1.54) is 35.2 Å². The van der Waals surface area contributed by atoms with Crippen LogP contribution in [-0.2, 0) is 4.79 Å². The molecule has 2 unspecified atom stereocenters. The number of rotatable bonds is 7. The first-order valence-electron chi connectivity index (χ1n) is 9.87. The molecular weight excluding hydrogens is 461 g/mol. The molecule has 1 fully saturated rings. The van der Waals surface area contributed by atoms with Gasteiger partial charge in [-0.2, -0.15) is 0 Å². The number of carbonyl (C=O) groups is 2. The summed E-state index contributed by atoms with van der Waals surface area (Å²) < 4.78 is 14.2. The second kappa shape index (κ2) is 9.75. The molecule has 1 aromatic heterocycles. The van der Waals surface area contributed by atoms with Gasteiger partial charge in [0.25, 0.3) is 0 Å². The maximum absolute atomic E-state index is 13.3. The van der Waals surface area contributed by atoms with E-state index in [1.807, 2.05) is 0 Å². The first-order chi connectivity index (χ1) is 14.6. The van der Waals surface area contributed by atoms with Crippen LogP contribution in [0.5, 0.6) is 0 Å². The lowest BCUT2D eigenvalue weighted by Crippen LogP contribution is -2.38. The third-order valence-corrected chi connectivity index (χ3v) is 8.42. The fraction of sp³-hybridized carbons (Fsp3) is 0.476. The van der Waals surface area contributed by atoms with Gasteiger partial charge < -0.3 is 10.0 Å². The second-order valence-corrected chi connectivity index (χ2v) is 11.0. The van der Waals surface area contributed by atoms with Gasteiger partial charge in [-0.05, 0) is 56.7 Å². The van der Waals surface area contributed by atoms with E-state index >= 15 is 0 Å². The number of carboxylic acid groups (broad SMARTS) is 1. The van der Waals surface area contributed by atoms with Crippen LogP contribution < -0.4 is 5.32 Å². The quantitative estimate of drug-likeness (QED) is 0.474. The Labute approximate surface area is 194 Å². The molecule has 2 atom stereocenters. The van der Waals surface area contributed by atoms with Gasteiger partial charge >= 0.3 is 12.0 Å². The summed E-state index contributed by atoms with van der Waals surface area (Å²) in [6.07, 6.45) is 4.13. The van der Waals surface area contributed by atoms with E-state index in [4.69, 9.17) is 11.6 Å². The van der Waals surface area contributed by atoms with Gasteiger partial charge in [-0.15, -0.1) is 11.8 Å². The number of thioether (sulfide) groups is 1. The molecule has 1 aliphatic carbocycles. The molecule has 0 saturated heterocycles. The third kappa shape index (κ3) is 5.90. The largest absolute Gasteiger partial charge is 0.481 e. The van der Waals surface area contributed by atoms with Crippen molar-refractivity contribution in [3.63, 3.8) is 0 Å². The number of aliphatic carboxylic acids is 1. The second-order valence-electron chi connectivity index (χ2n) is 8.33. The molecule has 168 valence electrons. The van der Waals surface area contributed by atoms with Gasteiger partial charge in [0.15, 0.2) is 5.13 Å². The topological polar surface area (TPSA) is 82.5 Å². The number of carboxylic acids is 1. The Bertz CT molecular complexity index is 969. The van der Waals surface area contributed by atoms with Gasteiger partial charge in [-0.25, -0.2) is 14.2 Å². The summed E-state index contributed by atoms with van der Waals surface area (Å²) in [4.78, 5) is 29.8. The number of anilines is 1. The lowest BCUT2D eigenvalue weighted by Gasteiger charge is -2.24. The number of nitrogens with one attached hydrogen (secondary N) is 1. The summed E-state index contributed by atoms with van der Waals surface area (Å²) in [5, 5.41) is 12.9. The van der Waals surface area contributed by atoms with Gasteiger partial charge in [-0.3, -0.25) is 10.1 Å². The Morgan fingerprint density at radius 1 is 1.42 bits per heavy atom. The summed E-state index contributed by atoms with van der Waals surface area (Å²) >= 11 is 8.94. The first kappa shape index (κ1) is 23.8. The standard InChI is InChI=1S/C21H25ClFN3O3S2/c1-21(2,18(27)28)11-30-17-10-24-19(31-17)25-20(29)26(3)14-6-4-12(8-14)15-7-5-13(23)9-16(15)22/h5,7,9-10,12,14H,4,6,8,11H2,1-3H3,(H,27,28)(H,24,25,29). The van der Waals surface area contributed by atoms with Crippen molar-refractivity contribution in [2.45, 2.75) is 49.3 Å². The molecule has 0 spiro atoms. The molecule has 6 nitrogen and oxygen atoms in total. The minimum Gasteiger partial charge on any atom is -0.481 e. The van der Waals surface area contributed by atoms with Crippen molar-refractivity contribution >= 4 is 51.8 Å². The summed E-state index contributed by atoms with van der Waals surface area (Å²) in [7, 11) is 1.76. The zero-order chi connectivity index (χ0) is 22.8. The van der Waals surface area contributed by atoms with Gasteiger partial charge in [0, 0.05) is 23.9 Å². The number of amides is 2. The van der Waals surface area contributed by atoms with Crippen LogP contribution in [0.25, 0.3) is 0 Å². The molecular formula is C21H25ClFN3O3S2. The third-order valence-electron chi connectivity index (χ3n) is 5.53. The van der Waals surface area contributed by atoms with E-state index in [0.29, 0.717) is 15.9 Å². The van der Waals surface area contributed by atoms with E-state index in [0.717, 1.165) is 29.0 Å². The van der Waals surface area contributed by atoms with Crippen LogP contribution in [-0.4, -0.2) is 45.8 Å². The predicted molar refractivity (Wildman–Crippen MR) is 123 cm³/mol. The maximum Gasteiger partial charge on any atom is 0.323 e. The molecule has 10 heteroatoms. The number of hydrogen-bond donors (Lipinski definition) is 2. The van der Waals surface area contributed by atoms with Crippen molar-refractivity contribution in [1.29, 1.82) is 0 Å². The lowest BCUT2D eigenvalue weighted by atomic mass is 9.97. The highest BCUT2D eigenvalue weighted by molar-refractivity contribution is 8.01. The van der Waals surface area contributed by atoms with Crippen molar-refractivity contribution in [1.82, 2.24) is 9.88 Å². The van der Waals surface area contributed by atoms with Crippen LogP contribution >= 0.6 is 34.7 Å². The van der Waals surface area contributed by atoms with E-state index in [2.05, 4.69) is 10.3 Å². The Balaban J connectivity index is 1.54. The minimum atomic E-state index is -0.851. The Morgan fingerprint density at radius 2 is 2.16 bits per heavy atom. The molecule has 0 radical (unpaired) electrons. The molecule has 1 saturated carbocycles. The number of thiazole rings is 1. The van der Waals surface area contributed by atoms with Gasteiger partial charge in [-0.1, -0.05) is 29.0 Å². The number of urea groups is 1. The first-order valence-corrected chi connectivity index (χ1v) is 12.1. The fourth-order valence-corrected chi connectivity index (χ4v) is 5.73. The average molecular weight is 486 g/mol. The SMILES string of the molecule is CN(C(=O)Nc1ncc(SCC(C)(C)C(=O)O)s1)C1CCC(c2ccc(F)cc2Cl)C1. The maximum atomic E-state index is 13.3. The summed E-state index contributed by atoms with van der Waals surface area (Å²) in [6.45, 7) is 3.35. The van der Waals surface area contributed by atoms with Crippen molar-refractivity contribution < 1.29 is 19.1 Å². The Kier molecular flexibility index (Phi) is 7.49.